The molecule has 3 aliphatic rings. The van der Waals surface area contributed by atoms with Gasteiger partial charge in [0.1, 0.15) is 23.5 Å². The van der Waals surface area contributed by atoms with Crippen LogP contribution < -0.4 is 9.64 Å². The second-order valence-electron chi connectivity index (χ2n) is 8.52. The molecule has 2 aromatic carbocycles. The lowest BCUT2D eigenvalue weighted by molar-refractivity contribution is 0.0963. The van der Waals surface area contributed by atoms with Crippen LogP contribution >= 0.6 is 0 Å². The quantitative estimate of drug-likeness (QED) is 0.763. The second kappa shape index (κ2) is 7.76. The molecule has 0 radical (unpaired) electrons. The van der Waals surface area contributed by atoms with Gasteiger partial charge in [0, 0.05) is 25.2 Å². The third kappa shape index (κ3) is 3.64. The molecule has 3 fully saturated rings. The first-order valence-electron chi connectivity index (χ1n) is 10.4. The van der Waals surface area contributed by atoms with Crippen molar-refractivity contribution in [2.75, 3.05) is 38.3 Å². The minimum absolute atomic E-state index is 0.0720. The third-order valence-corrected chi connectivity index (χ3v) is 6.62. The lowest BCUT2D eigenvalue weighted by Crippen LogP contribution is -2.26. The molecule has 5 rings (SSSR count). The average molecular weight is 430 g/mol. The van der Waals surface area contributed by atoms with Gasteiger partial charge < -0.3 is 14.6 Å². The molecule has 8 heteroatoms. The Labute approximate surface area is 179 Å². The smallest absolute Gasteiger partial charge is 0.414 e. The molecule has 0 aromatic heterocycles. The van der Waals surface area contributed by atoms with Crippen LogP contribution in [0.25, 0.3) is 0 Å². The van der Waals surface area contributed by atoms with E-state index >= 15 is 0 Å². The minimum atomic E-state index is -0.705. The van der Waals surface area contributed by atoms with Crippen LogP contribution in [0.4, 0.5) is 19.3 Å². The van der Waals surface area contributed by atoms with E-state index in [-0.39, 0.29) is 42.2 Å². The summed E-state index contributed by atoms with van der Waals surface area (Å²) in [5.41, 5.74) is 1.42. The van der Waals surface area contributed by atoms with Crippen LogP contribution in [0.2, 0.25) is 0 Å². The first kappa shape index (κ1) is 20.2. The van der Waals surface area contributed by atoms with Crippen molar-refractivity contribution in [3.8, 4) is 5.75 Å². The summed E-state index contributed by atoms with van der Waals surface area (Å²) in [7, 11) is 1.64. The molecule has 2 saturated heterocycles. The monoisotopic (exact) mass is 430 g/mol. The van der Waals surface area contributed by atoms with E-state index in [4.69, 9.17) is 14.6 Å². The molecule has 2 aliphatic heterocycles. The zero-order chi connectivity index (χ0) is 21.7. The second-order valence-corrected chi connectivity index (χ2v) is 8.52. The van der Waals surface area contributed by atoms with Gasteiger partial charge in [-0.2, -0.15) is 0 Å². The number of benzene rings is 2. The van der Waals surface area contributed by atoms with E-state index in [0.29, 0.717) is 0 Å². The first-order valence-corrected chi connectivity index (χ1v) is 10.4. The average Bonchev–Trinajstić information content (AvgIpc) is 3.08. The van der Waals surface area contributed by atoms with Crippen molar-refractivity contribution in [1.29, 1.82) is 0 Å². The standard InChI is InChI=1S/C23H24F2N2O4/c1-30-15-4-2-13(3-5-15)8-26-10-17-18(11-26)21(17)22-19(24)6-14(7-20(22)25)27-9-16(12-28)31-23(27)29/h2-7,16-18,21,28H,8-12H2,1H3/t16?,17-,18+,21?. The first-order chi connectivity index (χ1) is 15.0. The van der Waals surface area contributed by atoms with Gasteiger partial charge in [-0.1, -0.05) is 12.1 Å². The number of ether oxygens (including phenoxy) is 2. The number of carbonyl (C=O) groups is 1. The molecular weight excluding hydrogens is 406 g/mol. The number of piperidine rings is 1. The molecule has 0 spiro atoms. The van der Waals surface area contributed by atoms with Crippen LogP contribution in [-0.4, -0.2) is 55.6 Å². The van der Waals surface area contributed by atoms with E-state index in [1.165, 1.54) is 17.7 Å². The van der Waals surface area contributed by atoms with E-state index in [1.54, 1.807) is 7.11 Å². The molecule has 4 atom stereocenters. The topological polar surface area (TPSA) is 62.2 Å². The van der Waals surface area contributed by atoms with E-state index in [9.17, 15) is 13.6 Å². The van der Waals surface area contributed by atoms with Crippen LogP contribution in [0.5, 0.6) is 5.75 Å². The lowest BCUT2D eigenvalue weighted by atomic mass is 10.0. The van der Waals surface area contributed by atoms with Gasteiger partial charge in [-0.15, -0.1) is 0 Å². The molecule has 164 valence electrons. The Bertz CT molecular complexity index is 965. The van der Waals surface area contributed by atoms with Crippen LogP contribution in [0, 0.1) is 23.5 Å². The van der Waals surface area contributed by atoms with Gasteiger partial charge in [-0.3, -0.25) is 9.80 Å². The van der Waals surface area contributed by atoms with Crippen molar-refractivity contribution in [3.63, 3.8) is 0 Å². The fraction of sp³-hybridized carbons (Fsp3) is 0.435. The minimum Gasteiger partial charge on any atom is -0.497 e. The molecule has 1 saturated carbocycles. The number of aliphatic hydroxyl groups excluding tert-OH is 1. The number of rotatable bonds is 6. The summed E-state index contributed by atoms with van der Waals surface area (Å²) in [5.74, 6) is -0.0895. The summed E-state index contributed by atoms with van der Waals surface area (Å²) in [6, 6.07) is 10.3. The Morgan fingerprint density at radius 3 is 2.29 bits per heavy atom. The van der Waals surface area contributed by atoms with Crippen molar-refractivity contribution in [2.24, 2.45) is 11.8 Å². The van der Waals surface area contributed by atoms with Crippen LogP contribution in [0.3, 0.4) is 0 Å². The third-order valence-electron chi connectivity index (χ3n) is 6.62. The van der Waals surface area contributed by atoms with Gasteiger partial charge in [0.2, 0.25) is 0 Å². The lowest BCUT2D eigenvalue weighted by Gasteiger charge is -2.21. The SMILES string of the molecule is COc1ccc(CN2C[C@@H]3C(c4c(F)cc(N5CC(CO)OC5=O)cc4F)[C@@H]3C2)cc1. The zero-order valence-corrected chi connectivity index (χ0v) is 17.1. The number of cyclic esters (lactones) is 1. The van der Waals surface area contributed by atoms with Crippen molar-refractivity contribution in [2.45, 2.75) is 18.6 Å². The Morgan fingerprint density at radius 2 is 1.74 bits per heavy atom. The normalized spacial score (nSPS) is 27.4. The fourth-order valence-corrected chi connectivity index (χ4v) is 5.03. The number of amides is 1. The molecule has 1 N–H and O–H groups in total. The Balaban J connectivity index is 1.25. The largest absolute Gasteiger partial charge is 0.497 e. The summed E-state index contributed by atoms with van der Waals surface area (Å²) in [6.45, 7) is 2.15. The van der Waals surface area contributed by atoms with Crippen LogP contribution in [0.15, 0.2) is 36.4 Å². The van der Waals surface area contributed by atoms with E-state index < -0.39 is 23.8 Å². The fourth-order valence-electron chi connectivity index (χ4n) is 5.03. The van der Waals surface area contributed by atoms with Crippen LogP contribution in [-0.2, 0) is 11.3 Å². The van der Waals surface area contributed by atoms with Crippen molar-refractivity contribution < 1.29 is 28.2 Å². The number of likely N-dealkylation sites (tertiary alicyclic amines) is 1. The van der Waals surface area contributed by atoms with E-state index in [1.807, 2.05) is 24.3 Å². The van der Waals surface area contributed by atoms with Crippen LogP contribution in [0.1, 0.15) is 17.0 Å². The van der Waals surface area contributed by atoms with E-state index in [2.05, 4.69) is 4.90 Å². The molecule has 1 amide bonds. The number of hydrogen-bond donors (Lipinski definition) is 1. The zero-order valence-electron chi connectivity index (χ0n) is 17.1. The number of fused-ring (bicyclic) bond motifs is 1. The number of halogens is 2. The van der Waals surface area contributed by atoms with Gasteiger partial charge in [0.25, 0.3) is 0 Å². The van der Waals surface area contributed by atoms with E-state index in [0.717, 1.165) is 30.3 Å². The highest BCUT2D eigenvalue weighted by Crippen LogP contribution is 2.59. The molecule has 6 nitrogen and oxygen atoms in total. The number of hydrogen-bond acceptors (Lipinski definition) is 5. The summed E-state index contributed by atoms with van der Waals surface area (Å²) in [5, 5.41) is 9.15. The number of nitrogens with zero attached hydrogens (tertiary/aromatic N) is 2. The molecular formula is C23H24F2N2O4. The number of methoxy groups -OCH3 is 1. The predicted molar refractivity (Wildman–Crippen MR) is 109 cm³/mol. The number of anilines is 1. The molecule has 31 heavy (non-hydrogen) atoms. The summed E-state index contributed by atoms with van der Waals surface area (Å²) >= 11 is 0. The Hall–Kier alpha value is -2.71. The summed E-state index contributed by atoms with van der Waals surface area (Å²) < 4.78 is 39.9. The predicted octanol–water partition coefficient (Wildman–Crippen LogP) is 3.14. The highest BCUT2D eigenvalue weighted by atomic mass is 19.1. The maximum absolute atomic E-state index is 14.9. The highest BCUT2D eigenvalue weighted by Gasteiger charge is 2.57. The highest BCUT2D eigenvalue weighted by molar-refractivity contribution is 5.89. The maximum Gasteiger partial charge on any atom is 0.414 e. The van der Waals surface area contributed by atoms with Crippen molar-refractivity contribution in [3.05, 3.63) is 59.2 Å². The Morgan fingerprint density at radius 1 is 1.10 bits per heavy atom. The molecule has 2 unspecified atom stereocenters. The van der Waals surface area contributed by atoms with Gasteiger partial charge in [-0.25, -0.2) is 13.6 Å². The molecule has 2 heterocycles. The molecule has 2 aromatic rings. The van der Waals surface area contributed by atoms with Crippen molar-refractivity contribution in [1.82, 2.24) is 4.90 Å². The van der Waals surface area contributed by atoms with Gasteiger partial charge in [-0.05, 0) is 47.6 Å². The number of carbonyl (C=O) groups excluding carboxylic acids is 1. The van der Waals surface area contributed by atoms with Gasteiger partial charge in [0.15, 0.2) is 0 Å². The molecule has 1 aliphatic carbocycles. The van der Waals surface area contributed by atoms with Crippen molar-refractivity contribution >= 4 is 11.8 Å². The summed E-state index contributed by atoms with van der Waals surface area (Å²) in [6.07, 6.45) is -1.39. The number of aliphatic hydroxyl groups is 1. The van der Waals surface area contributed by atoms with Gasteiger partial charge >= 0.3 is 6.09 Å². The van der Waals surface area contributed by atoms with Gasteiger partial charge in [0.05, 0.1) is 25.9 Å². The Kier molecular flexibility index (Phi) is 5.06. The maximum atomic E-state index is 14.9. The summed E-state index contributed by atoms with van der Waals surface area (Å²) in [4.78, 5) is 15.4. The molecule has 0 bridgehead atoms.